The summed E-state index contributed by atoms with van der Waals surface area (Å²) in [5.74, 6) is -0.721. The first-order valence-corrected chi connectivity index (χ1v) is 9.91. The molecule has 11 nitrogen and oxygen atoms in total. The van der Waals surface area contributed by atoms with Gasteiger partial charge in [-0.2, -0.15) is 10.1 Å². The molecular formula is C19H18ClFN8O3. The van der Waals surface area contributed by atoms with Gasteiger partial charge in [0, 0.05) is 12.3 Å². The predicted octanol–water partition coefficient (Wildman–Crippen LogP) is 3.42. The summed E-state index contributed by atoms with van der Waals surface area (Å²) in [4.78, 5) is 23.4. The number of aromatic nitrogens is 7. The zero-order valence-corrected chi connectivity index (χ0v) is 18.4. The van der Waals surface area contributed by atoms with Gasteiger partial charge in [0.05, 0.1) is 39.6 Å². The van der Waals surface area contributed by atoms with Gasteiger partial charge in [0.2, 0.25) is 5.28 Å². The maximum Gasteiger partial charge on any atom is 0.353 e. The Morgan fingerprint density at radius 3 is 2.62 bits per heavy atom. The van der Waals surface area contributed by atoms with Crippen molar-refractivity contribution < 1.29 is 14.1 Å². The SMILES string of the molecule is Cc1nc(C)c(-n2nc(OCCn3nc(C)c4cnc(Cl)nc43)c([N+](=O)[O-])c2C)cc1F. The van der Waals surface area contributed by atoms with Crippen LogP contribution >= 0.6 is 11.6 Å². The van der Waals surface area contributed by atoms with Gasteiger partial charge in [-0.1, -0.05) is 0 Å². The fourth-order valence-corrected chi connectivity index (χ4v) is 3.52. The summed E-state index contributed by atoms with van der Waals surface area (Å²) in [6.07, 6.45) is 1.58. The zero-order chi connectivity index (χ0) is 23.2. The molecule has 0 N–H and O–H groups in total. The van der Waals surface area contributed by atoms with Crippen LogP contribution in [0.4, 0.5) is 10.1 Å². The molecule has 32 heavy (non-hydrogen) atoms. The third-order valence-electron chi connectivity index (χ3n) is 4.97. The standard InChI is InChI=1S/C19H18ClFN8O3/c1-9-13-8-22-19(20)24-17(13)27(25-9)5-6-32-18-16(29(30)31)12(4)28(26-18)15-7-14(21)10(2)23-11(15)3/h7-8H,5-6H2,1-4H3. The number of hydrogen-bond acceptors (Lipinski definition) is 8. The lowest BCUT2D eigenvalue weighted by Crippen LogP contribution is -2.11. The summed E-state index contributed by atoms with van der Waals surface area (Å²) >= 11 is 5.88. The molecule has 4 heterocycles. The molecule has 0 amide bonds. The Bertz CT molecular complexity index is 1370. The third-order valence-corrected chi connectivity index (χ3v) is 5.15. The normalized spacial score (nSPS) is 11.3. The molecule has 0 fully saturated rings. The number of ether oxygens (including phenoxy) is 1. The Labute approximate surface area is 186 Å². The van der Waals surface area contributed by atoms with Gasteiger partial charge in [-0.25, -0.2) is 18.7 Å². The van der Waals surface area contributed by atoms with Gasteiger partial charge < -0.3 is 4.74 Å². The van der Waals surface area contributed by atoms with Crippen LogP contribution in [0.3, 0.4) is 0 Å². The van der Waals surface area contributed by atoms with E-state index in [1.165, 1.54) is 24.6 Å². The fraction of sp³-hybridized carbons (Fsp3) is 0.316. The molecule has 4 rings (SSSR count). The molecule has 166 valence electrons. The molecule has 0 aliphatic heterocycles. The minimum absolute atomic E-state index is 0.0224. The number of nitro groups is 1. The second-order valence-corrected chi connectivity index (χ2v) is 7.44. The van der Waals surface area contributed by atoms with Gasteiger partial charge in [-0.05, 0) is 39.3 Å². The Balaban J connectivity index is 1.64. The van der Waals surface area contributed by atoms with E-state index >= 15 is 0 Å². The first-order valence-electron chi connectivity index (χ1n) is 9.54. The van der Waals surface area contributed by atoms with Crippen molar-refractivity contribution in [2.75, 3.05) is 6.61 Å². The quantitative estimate of drug-likeness (QED) is 0.243. The lowest BCUT2D eigenvalue weighted by Gasteiger charge is -2.08. The lowest BCUT2D eigenvalue weighted by molar-refractivity contribution is -0.386. The molecule has 4 aromatic heterocycles. The fourth-order valence-electron chi connectivity index (χ4n) is 3.39. The highest BCUT2D eigenvalue weighted by molar-refractivity contribution is 6.28. The lowest BCUT2D eigenvalue weighted by atomic mass is 10.2. The van der Waals surface area contributed by atoms with E-state index in [1.54, 1.807) is 17.8 Å². The molecule has 4 aromatic rings. The van der Waals surface area contributed by atoms with Crippen molar-refractivity contribution in [3.05, 3.63) is 56.3 Å². The molecule has 0 radical (unpaired) electrons. The molecule has 0 unspecified atom stereocenters. The maximum atomic E-state index is 14.1. The van der Waals surface area contributed by atoms with Crippen LogP contribution in [0.5, 0.6) is 5.88 Å². The molecule has 13 heteroatoms. The Morgan fingerprint density at radius 1 is 1.16 bits per heavy atom. The highest BCUT2D eigenvalue weighted by Gasteiger charge is 2.28. The van der Waals surface area contributed by atoms with E-state index in [0.29, 0.717) is 22.7 Å². The second-order valence-electron chi connectivity index (χ2n) is 7.10. The summed E-state index contributed by atoms with van der Waals surface area (Å²) in [5.41, 5.74) is 2.13. The monoisotopic (exact) mass is 460 g/mol. The summed E-state index contributed by atoms with van der Waals surface area (Å²) in [5, 5.41) is 21.1. The van der Waals surface area contributed by atoms with E-state index in [0.717, 1.165) is 5.39 Å². The van der Waals surface area contributed by atoms with Gasteiger partial charge in [0.15, 0.2) is 5.65 Å². The van der Waals surface area contributed by atoms with Crippen molar-refractivity contribution >= 4 is 28.3 Å². The first-order chi connectivity index (χ1) is 15.2. The number of pyridine rings is 1. The van der Waals surface area contributed by atoms with Crippen LogP contribution in [0.25, 0.3) is 16.7 Å². The Hall–Kier alpha value is -3.67. The number of rotatable bonds is 6. The Kier molecular flexibility index (Phi) is 5.46. The van der Waals surface area contributed by atoms with Gasteiger partial charge in [-0.3, -0.25) is 15.1 Å². The largest absolute Gasteiger partial charge is 0.470 e. The zero-order valence-electron chi connectivity index (χ0n) is 17.6. The van der Waals surface area contributed by atoms with E-state index < -0.39 is 10.7 Å². The van der Waals surface area contributed by atoms with Crippen molar-refractivity contribution in [1.29, 1.82) is 0 Å². The molecule has 0 aromatic carbocycles. The van der Waals surface area contributed by atoms with E-state index in [1.807, 2.05) is 6.92 Å². The smallest absolute Gasteiger partial charge is 0.353 e. The van der Waals surface area contributed by atoms with E-state index in [4.69, 9.17) is 16.3 Å². The van der Waals surface area contributed by atoms with Gasteiger partial charge in [0.25, 0.3) is 0 Å². The van der Waals surface area contributed by atoms with Crippen LogP contribution in [0.2, 0.25) is 5.28 Å². The number of halogens is 2. The second kappa shape index (κ2) is 8.11. The summed E-state index contributed by atoms with van der Waals surface area (Å²) in [6, 6.07) is 1.24. The summed E-state index contributed by atoms with van der Waals surface area (Å²) in [6.45, 7) is 6.79. The summed E-state index contributed by atoms with van der Waals surface area (Å²) in [7, 11) is 0. The van der Waals surface area contributed by atoms with Crippen molar-refractivity contribution in [2.24, 2.45) is 0 Å². The van der Waals surface area contributed by atoms with Gasteiger partial charge in [-0.15, -0.1) is 5.10 Å². The average Bonchev–Trinajstić information content (AvgIpc) is 3.21. The average molecular weight is 461 g/mol. The molecule has 0 bridgehead atoms. The highest BCUT2D eigenvalue weighted by atomic mass is 35.5. The number of fused-ring (bicyclic) bond motifs is 1. The minimum Gasteiger partial charge on any atom is -0.470 e. The number of nitrogens with zero attached hydrogens (tertiary/aromatic N) is 8. The topological polar surface area (TPSA) is 127 Å². The van der Waals surface area contributed by atoms with Gasteiger partial charge >= 0.3 is 11.6 Å². The number of aryl methyl sites for hydroxylation is 3. The first kappa shape index (κ1) is 21.6. The van der Waals surface area contributed by atoms with Crippen molar-refractivity contribution in [2.45, 2.75) is 34.2 Å². The van der Waals surface area contributed by atoms with E-state index in [9.17, 15) is 14.5 Å². The van der Waals surface area contributed by atoms with Crippen molar-refractivity contribution in [3.63, 3.8) is 0 Å². The van der Waals surface area contributed by atoms with E-state index in [-0.39, 0.29) is 41.4 Å². The van der Waals surface area contributed by atoms with Crippen LogP contribution in [0, 0.1) is 43.6 Å². The van der Waals surface area contributed by atoms with Crippen LogP contribution in [0.15, 0.2) is 12.3 Å². The Morgan fingerprint density at radius 2 is 1.91 bits per heavy atom. The van der Waals surface area contributed by atoms with Crippen molar-refractivity contribution in [1.82, 2.24) is 34.5 Å². The molecule has 0 aliphatic rings. The van der Waals surface area contributed by atoms with E-state index in [2.05, 4.69) is 25.1 Å². The molecule has 0 spiro atoms. The molecule has 0 saturated heterocycles. The summed E-state index contributed by atoms with van der Waals surface area (Å²) < 4.78 is 22.6. The maximum absolute atomic E-state index is 14.1. The van der Waals surface area contributed by atoms with Crippen LogP contribution in [-0.2, 0) is 6.54 Å². The van der Waals surface area contributed by atoms with Crippen molar-refractivity contribution in [3.8, 4) is 11.6 Å². The number of hydrogen-bond donors (Lipinski definition) is 0. The van der Waals surface area contributed by atoms with Gasteiger partial charge in [0.1, 0.15) is 18.1 Å². The van der Waals surface area contributed by atoms with Crippen LogP contribution < -0.4 is 4.74 Å². The molecular weight excluding hydrogens is 443 g/mol. The third kappa shape index (κ3) is 3.73. The highest BCUT2D eigenvalue weighted by Crippen LogP contribution is 2.32. The van der Waals surface area contributed by atoms with Crippen LogP contribution in [-0.4, -0.2) is 46.0 Å². The molecule has 0 saturated carbocycles. The minimum atomic E-state index is -0.581. The molecule has 0 aliphatic carbocycles. The predicted molar refractivity (Wildman–Crippen MR) is 113 cm³/mol. The van der Waals surface area contributed by atoms with Crippen LogP contribution in [0.1, 0.15) is 22.8 Å². The molecule has 0 atom stereocenters.